The average molecular weight is 294 g/mol. The Morgan fingerprint density at radius 3 is 2.50 bits per heavy atom. The van der Waals surface area contributed by atoms with Gasteiger partial charge in [-0.25, -0.2) is 4.99 Å². The van der Waals surface area contributed by atoms with Gasteiger partial charge in [0.25, 0.3) is 12.1 Å². The van der Waals surface area contributed by atoms with Gasteiger partial charge in [0.15, 0.2) is 0 Å². The molecule has 2 aromatic carbocycles. The van der Waals surface area contributed by atoms with Crippen LogP contribution in [-0.4, -0.2) is 23.8 Å². The molecule has 0 bridgehead atoms. The zero-order valence-corrected chi connectivity index (χ0v) is 11.9. The van der Waals surface area contributed by atoms with E-state index in [2.05, 4.69) is 10.3 Å². The minimum Gasteiger partial charge on any atom is -0.430 e. The van der Waals surface area contributed by atoms with Crippen molar-refractivity contribution in [3.8, 4) is 0 Å². The van der Waals surface area contributed by atoms with Crippen molar-refractivity contribution in [2.24, 2.45) is 4.99 Å². The monoisotopic (exact) mass is 294 g/mol. The van der Waals surface area contributed by atoms with E-state index in [0.717, 1.165) is 11.1 Å². The summed E-state index contributed by atoms with van der Waals surface area (Å²) in [6, 6.07) is 16.8. The molecule has 1 atom stereocenters. The molecule has 1 amide bonds. The molecule has 3 rings (SSSR count). The lowest BCUT2D eigenvalue weighted by Crippen LogP contribution is -2.29. The molecule has 0 spiro atoms. The van der Waals surface area contributed by atoms with Crippen molar-refractivity contribution in [1.29, 1.82) is 0 Å². The zero-order valence-electron chi connectivity index (χ0n) is 11.9. The van der Waals surface area contributed by atoms with Crippen LogP contribution < -0.4 is 5.32 Å². The third kappa shape index (κ3) is 2.74. The quantitative estimate of drug-likeness (QED) is 0.865. The highest BCUT2D eigenvalue weighted by Gasteiger charge is 2.27. The number of fused-ring (bicyclic) bond motifs is 1. The van der Waals surface area contributed by atoms with Gasteiger partial charge in [-0.05, 0) is 6.07 Å². The van der Waals surface area contributed by atoms with Crippen molar-refractivity contribution >= 4 is 23.3 Å². The third-order valence-electron chi connectivity index (χ3n) is 3.24. The van der Waals surface area contributed by atoms with Crippen molar-refractivity contribution in [3.63, 3.8) is 0 Å². The molecule has 2 aromatic rings. The van der Waals surface area contributed by atoms with Crippen LogP contribution in [0, 0.1) is 0 Å². The summed E-state index contributed by atoms with van der Waals surface area (Å²) in [7, 11) is 0. The molecule has 0 saturated carbocycles. The maximum Gasteiger partial charge on any atom is 0.305 e. The number of hydrogen-bond acceptors (Lipinski definition) is 4. The summed E-state index contributed by atoms with van der Waals surface area (Å²) in [4.78, 5) is 27.8. The summed E-state index contributed by atoms with van der Waals surface area (Å²) in [6.07, 6.45) is -1.19. The fourth-order valence-electron chi connectivity index (χ4n) is 2.30. The predicted octanol–water partition coefficient (Wildman–Crippen LogP) is 2.37. The van der Waals surface area contributed by atoms with E-state index >= 15 is 0 Å². The fourth-order valence-corrected chi connectivity index (χ4v) is 2.30. The van der Waals surface area contributed by atoms with Gasteiger partial charge in [0.05, 0.1) is 11.4 Å². The minimum atomic E-state index is -1.19. The second-order valence-electron chi connectivity index (χ2n) is 4.84. The Balaban J connectivity index is 2.15. The van der Waals surface area contributed by atoms with Gasteiger partial charge >= 0.3 is 5.97 Å². The summed E-state index contributed by atoms with van der Waals surface area (Å²) in [5.74, 6) is -1.02. The van der Waals surface area contributed by atoms with E-state index in [0.29, 0.717) is 11.4 Å². The first-order chi connectivity index (χ1) is 10.6. The molecule has 5 heteroatoms. The Bertz CT molecular complexity index is 754. The van der Waals surface area contributed by atoms with E-state index in [9.17, 15) is 9.59 Å². The number of benzene rings is 2. The molecule has 1 heterocycles. The van der Waals surface area contributed by atoms with Crippen LogP contribution in [-0.2, 0) is 14.3 Å². The van der Waals surface area contributed by atoms with E-state index in [1.54, 1.807) is 6.07 Å². The van der Waals surface area contributed by atoms with Crippen LogP contribution in [0.4, 0.5) is 5.69 Å². The van der Waals surface area contributed by atoms with E-state index < -0.39 is 18.1 Å². The predicted molar refractivity (Wildman–Crippen MR) is 82.7 cm³/mol. The minimum absolute atomic E-state index is 0.464. The van der Waals surface area contributed by atoms with Crippen molar-refractivity contribution in [2.45, 2.75) is 13.2 Å². The Morgan fingerprint density at radius 2 is 1.77 bits per heavy atom. The number of carbonyl (C=O) groups is 2. The third-order valence-corrected chi connectivity index (χ3v) is 3.24. The van der Waals surface area contributed by atoms with Gasteiger partial charge in [0, 0.05) is 18.1 Å². The number of para-hydroxylation sites is 1. The molecule has 22 heavy (non-hydrogen) atoms. The number of nitrogens with one attached hydrogen (secondary N) is 1. The highest BCUT2D eigenvalue weighted by atomic mass is 16.6. The molecule has 1 N–H and O–H groups in total. The normalized spacial score (nSPS) is 16.9. The van der Waals surface area contributed by atoms with Crippen LogP contribution >= 0.6 is 0 Å². The van der Waals surface area contributed by atoms with E-state index in [1.165, 1.54) is 6.92 Å². The van der Waals surface area contributed by atoms with Crippen LogP contribution in [0.5, 0.6) is 0 Å². The maximum atomic E-state index is 12.2. The summed E-state index contributed by atoms with van der Waals surface area (Å²) < 4.78 is 5.03. The Hall–Kier alpha value is -2.95. The molecule has 0 aliphatic carbocycles. The molecule has 0 radical (unpaired) electrons. The standard InChI is InChI=1S/C17H14N2O3/c1-11(20)22-17-16(21)18-14-10-6-5-9-13(14)15(19-17)12-7-3-2-4-8-12/h2-10,17H,1H3,(H,18,21)/t17-/m0/s1. The topological polar surface area (TPSA) is 67.8 Å². The fraction of sp³-hybridized carbons (Fsp3) is 0.118. The number of anilines is 1. The first-order valence-electron chi connectivity index (χ1n) is 6.86. The second kappa shape index (κ2) is 5.81. The van der Waals surface area contributed by atoms with E-state index in [-0.39, 0.29) is 0 Å². The van der Waals surface area contributed by atoms with Gasteiger partial charge in [-0.1, -0.05) is 48.5 Å². The molecule has 110 valence electrons. The Morgan fingerprint density at radius 1 is 1.09 bits per heavy atom. The van der Waals surface area contributed by atoms with Gasteiger partial charge in [0.2, 0.25) is 0 Å². The summed E-state index contributed by atoms with van der Waals surface area (Å²) in [6.45, 7) is 1.25. The van der Waals surface area contributed by atoms with Crippen molar-refractivity contribution in [1.82, 2.24) is 0 Å². The highest BCUT2D eigenvalue weighted by Crippen LogP contribution is 2.24. The molecular weight excluding hydrogens is 280 g/mol. The van der Waals surface area contributed by atoms with Crippen molar-refractivity contribution < 1.29 is 14.3 Å². The summed E-state index contributed by atoms with van der Waals surface area (Å²) in [5.41, 5.74) is 2.89. The molecule has 0 unspecified atom stereocenters. The van der Waals surface area contributed by atoms with Gasteiger partial charge in [-0.3, -0.25) is 9.59 Å². The van der Waals surface area contributed by atoms with Crippen LogP contribution in [0.1, 0.15) is 18.1 Å². The lowest BCUT2D eigenvalue weighted by molar-refractivity contribution is -0.151. The highest BCUT2D eigenvalue weighted by molar-refractivity contribution is 6.19. The molecule has 0 saturated heterocycles. The molecule has 0 aromatic heterocycles. The Kier molecular flexibility index (Phi) is 3.70. The number of carbonyl (C=O) groups excluding carboxylic acids is 2. The number of ether oxygens (including phenoxy) is 1. The molecule has 0 fully saturated rings. The lowest BCUT2D eigenvalue weighted by Gasteiger charge is -2.10. The average Bonchev–Trinajstić information content (AvgIpc) is 2.65. The first-order valence-corrected chi connectivity index (χ1v) is 6.86. The number of nitrogens with zero attached hydrogens (tertiary/aromatic N) is 1. The number of esters is 1. The second-order valence-corrected chi connectivity index (χ2v) is 4.84. The maximum absolute atomic E-state index is 12.2. The van der Waals surface area contributed by atoms with Crippen LogP contribution in [0.2, 0.25) is 0 Å². The molecular formula is C17H14N2O3. The zero-order chi connectivity index (χ0) is 15.5. The number of hydrogen-bond donors (Lipinski definition) is 1. The first kappa shape index (κ1) is 14.0. The summed E-state index contributed by atoms with van der Waals surface area (Å²) in [5, 5.41) is 2.75. The van der Waals surface area contributed by atoms with Crippen LogP contribution in [0.3, 0.4) is 0 Å². The number of amides is 1. The van der Waals surface area contributed by atoms with Crippen LogP contribution in [0.25, 0.3) is 0 Å². The SMILES string of the molecule is CC(=O)O[C@@H]1N=C(c2ccccc2)c2ccccc2NC1=O. The van der Waals surface area contributed by atoms with Crippen LogP contribution in [0.15, 0.2) is 59.6 Å². The van der Waals surface area contributed by atoms with Crippen molar-refractivity contribution in [2.75, 3.05) is 5.32 Å². The molecule has 5 nitrogen and oxygen atoms in total. The van der Waals surface area contributed by atoms with Gasteiger partial charge in [-0.15, -0.1) is 0 Å². The number of benzodiazepines with no additional fused rings is 1. The van der Waals surface area contributed by atoms with Gasteiger partial charge in [0.1, 0.15) is 0 Å². The lowest BCUT2D eigenvalue weighted by atomic mass is 10.0. The molecule has 1 aliphatic heterocycles. The van der Waals surface area contributed by atoms with Gasteiger partial charge in [-0.2, -0.15) is 0 Å². The Labute approximate surface area is 127 Å². The number of rotatable bonds is 2. The largest absolute Gasteiger partial charge is 0.430 e. The van der Waals surface area contributed by atoms with Gasteiger partial charge < -0.3 is 10.1 Å². The van der Waals surface area contributed by atoms with E-state index in [4.69, 9.17) is 4.74 Å². The molecule has 1 aliphatic rings. The summed E-state index contributed by atoms with van der Waals surface area (Å²) >= 11 is 0. The smallest absolute Gasteiger partial charge is 0.305 e. The van der Waals surface area contributed by atoms with Crippen molar-refractivity contribution in [3.05, 3.63) is 65.7 Å². The van der Waals surface area contributed by atoms with E-state index in [1.807, 2.05) is 48.5 Å². The number of aliphatic imine (C=N–C) groups is 1.